The molecule has 9 nitrogen and oxygen atoms in total. The summed E-state index contributed by atoms with van der Waals surface area (Å²) in [5, 5.41) is 20.7. The third-order valence-corrected chi connectivity index (χ3v) is 5.47. The van der Waals surface area contributed by atoms with Crippen molar-refractivity contribution in [2.24, 2.45) is 0 Å². The van der Waals surface area contributed by atoms with E-state index in [1.807, 2.05) is 0 Å². The Kier molecular flexibility index (Phi) is 4.58. The van der Waals surface area contributed by atoms with Crippen LogP contribution in [0.3, 0.4) is 0 Å². The first-order valence-corrected chi connectivity index (χ1v) is 9.19. The number of anilines is 1. The fraction of sp³-hybridized carbons (Fsp3) is 0.118. The largest absolute Gasteiger partial charge is 0.481 e. The van der Waals surface area contributed by atoms with Gasteiger partial charge in [-0.3, -0.25) is 19.6 Å². The predicted molar refractivity (Wildman–Crippen MR) is 96.2 cm³/mol. The van der Waals surface area contributed by atoms with Gasteiger partial charge in [0, 0.05) is 23.1 Å². The number of nitro groups is 1. The number of carboxylic acids is 1. The molecular formula is C17H14N2O7S. The smallest absolute Gasteiger partial charge is 0.310 e. The Balaban J connectivity index is 1.98. The Morgan fingerprint density at radius 2 is 1.96 bits per heavy atom. The first kappa shape index (κ1) is 18.4. The molecule has 0 saturated carbocycles. The number of hydrogen-bond acceptors (Lipinski definition) is 6. The van der Waals surface area contributed by atoms with E-state index in [0.29, 0.717) is 16.5 Å². The maximum absolute atomic E-state index is 12.5. The average Bonchev–Trinajstić information content (AvgIpc) is 3.03. The van der Waals surface area contributed by atoms with Crippen LogP contribution in [0.1, 0.15) is 18.4 Å². The fourth-order valence-corrected chi connectivity index (χ4v) is 3.85. The maximum Gasteiger partial charge on any atom is 0.310 e. The number of rotatable bonds is 6. The van der Waals surface area contributed by atoms with Crippen LogP contribution in [0.15, 0.2) is 58.0 Å². The number of carbonyl (C=O) groups is 1. The van der Waals surface area contributed by atoms with Crippen LogP contribution in [0.4, 0.5) is 11.4 Å². The quantitative estimate of drug-likeness (QED) is 0.486. The zero-order valence-corrected chi connectivity index (χ0v) is 14.8. The zero-order chi connectivity index (χ0) is 19.8. The molecule has 3 rings (SSSR count). The first-order chi connectivity index (χ1) is 12.7. The Bertz CT molecular complexity index is 1150. The van der Waals surface area contributed by atoms with Crippen molar-refractivity contribution >= 4 is 38.3 Å². The normalized spacial score (nSPS) is 12.6. The van der Waals surface area contributed by atoms with Crippen molar-refractivity contribution in [2.75, 3.05) is 4.72 Å². The minimum absolute atomic E-state index is 0.129. The van der Waals surface area contributed by atoms with E-state index in [1.165, 1.54) is 43.5 Å². The van der Waals surface area contributed by atoms with Crippen molar-refractivity contribution < 1.29 is 27.7 Å². The Morgan fingerprint density at radius 3 is 2.63 bits per heavy atom. The molecule has 1 aromatic heterocycles. The molecule has 1 heterocycles. The summed E-state index contributed by atoms with van der Waals surface area (Å²) < 4.78 is 32.7. The Labute approximate surface area is 153 Å². The lowest BCUT2D eigenvalue weighted by molar-refractivity contribution is -0.387. The molecule has 3 aromatic rings. The van der Waals surface area contributed by atoms with Crippen molar-refractivity contribution in [3.63, 3.8) is 0 Å². The fourth-order valence-electron chi connectivity index (χ4n) is 2.63. The van der Waals surface area contributed by atoms with Gasteiger partial charge in [0.1, 0.15) is 5.58 Å². The molecule has 0 spiro atoms. The average molecular weight is 390 g/mol. The van der Waals surface area contributed by atoms with Crippen molar-refractivity contribution in [2.45, 2.75) is 17.7 Å². The van der Waals surface area contributed by atoms with Crippen LogP contribution in [0, 0.1) is 10.1 Å². The molecule has 1 unspecified atom stereocenters. The van der Waals surface area contributed by atoms with Crippen LogP contribution < -0.4 is 4.72 Å². The lowest BCUT2D eigenvalue weighted by atomic mass is 10.0. The SMILES string of the molecule is CC(C(=O)O)c1coc2cc(NS(=O)(=O)c3ccccc3[N+](=O)[O-])ccc12. The topological polar surface area (TPSA) is 140 Å². The van der Waals surface area contributed by atoms with E-state index >= 15 is 0 Å². The zero-order valence-electron chi connectivity index (χ0n) is 13.9. The van der Waals surface area contributed by atoms with E-state index in [-0.39, 0.29) is 5.69 Å². The second kappa shape index (κ2) is 6.72. The summed E-state index contributed by atoms with van der Waals surface area (Å²) in [6.07, 6.45) is 1.31. The molecule has 0 fully saturated rings. The lowest BCUT2D eigenvalue weighted by Gasteiger charge is -2.09. The van der Waals surface area contributed by atoms with Gasteiger partial charge in [-0.05, 0) is 25.1 Å². The number of para-hydroxylation sites is 1. The van der Waals surface area contributed by atoms with Crippen LogP contribution in [0.2, 0.25) is 0 Å². The van der Waals surface area contributed by atoms with Crippen LogP contribution >= 0.6 is 0 Å². The van der Waals surface area contributed by atoms with Crippen molar-refractivity contribution in [3.05, 3.63) is 64.4 Å². The molecule has 27 heavy (non-hydrogen) atoms. The van der Waals surface area contributed by atoms with Crippen LogP contribution in [-0.2, 0) is 14.8 Å². The molecule has 2 aromatic carbocycles. The summed E-state index contributed by atoms with van der Waals surface area (Å²) in [6.45, 7) is 1.51. The Hall–Kier alpha value is -3.40. The highest BCUT2D eigenvalue weighted by atomic mass is 32.2. The van der Waals surface area contributed by atoms with Crippen LogP contribution in [0.5, 0.6) is 0 Å². The number of nitrogens with zero attached hydrogens (tertiary/aromatic N) is 1. The molecule has 0 aliphatic carbocycles. The van der Waals surface area contributed by atoms with E-state index in [0.717, 1.165) is 12.1 Å². The number of nitrogens with one attached hydrogen (secondary N) is 1. The monoisotopic (exact) mass is 390 g/mol. The summed E-state index contributed by atoms with van der Waals surface area (Å²) >= 11 is 0. The molecule has 140 valence electrons. The third kappa shape index (κ3) is 3.47. The van der Waals surface area contributed by atoms with Gasteiger partial charge in [0.05, 0.1) is 22.8 Å². The number of aliphatic carboxylic acids is 1. The van der Waals surface area contributed by atoms with Crippen LogP contribution in [0.25, 0.3) is 11.0 Å². The second-order valence-corrected chi connectivity index (χ2v) is 7.44. The minimum atomic E-state index is -4.21. The summed E-state index contributed by atoms with van der Waals surface area (Å²) in [7, 11) is -4.21. The second-order valence-electron chi connectivity index (χ2n) is 5.79. The summed E-state index contributed by atoms with van der Waals surface area (Å²) in [6, 6.07) is 9.35. The van der Waals surface area contributed by atoms with Crippen molar-refractivity contribution in [3.8, 4) is 0 Å². The number of fused-ring (bicyclic) bond motifs is 1. The number of nitro benzene ring substituents is 1. The number of sulfonamides is 1. The molecule has 1 atom stereocenters. The number of carboxylic acid groups (broad SMARTS) is 1. The van der Waals surface area contributed by atoms with Gasteiger partial charge < -0.3 is 9.52 Å². The molecular weight excluding hydrogens is 376 g/mol. The van der Waals surface area contributed by atoms with E-state index in [4.69, 9.17) is 9.52 Å². The van der Waals surface area contributed by atoms with E-state index in [9.17, 15) is 23.3 Å². The molecule has 2 N–H and O–H groups in total. The number of furan rings is 1. The van der Waals surface area contributed by atoms with Crippen molar-refractivity contribution in [1.82, 2.24) is 0 Å². The number of hydrogen-bond donors (Lipinski definition) is 2. The van der Waals surface area contributed by atoms with Gasteiger partial charge in [-0.1, -0.05) is 12.1 Å². The van der Waals surface area contributed by atoms with Crippen molar-refractivity contribution in [1.29, 1.82) is 0 Å². The first-order valence-electron chi connectivity index (χ1n) is 7.71. The standard InChI is InChI=1S/C17H14N2O7S/c1-10(17(20)21)13-9-26-15-8-11(6-7-12(13)15)18-27(24,25)16-5-3-2-4-14(16)19(22)23/h2-10,18H,1H3,(H,20,21). The summed E-state index contributed by atoms with van der Waals surface area (Å²) in [5.74, 6) is -1.81. The highest BCUT2D eigenvalue weighted by Gasteiger charge is 2.25. The molecule has 0 aliphatic heterocycles. The Morgan fingerprint density at radius 1 is 1.26 bits per heavy atom. The summed E-state index contributed by atoms with van der Waals surface area (Å²) in [4.78, 5) is 21.0. The molecule has 0 bridgehead atoms. The van der Waals surface area contributed by atoms with Gasteiger partial charge in [-0.25, -0.2) is 8.42 Å². The van der Waals surface area contributed by atoms with Gasteiger partial charge in [-0.15, -0.1) is 0 Å². The molecule has 0 radical (unpaired) electrons. The predicted octanol–water partition coefficient (Wildman–Crippen LogP) is 3.33. The number of benzene rings is 2. The maximum atomic E-state index is 12.5. The lowest BCUT2D eigenvalue weighted by Crippen LogP contribution is -2.14. The molecule has 0 aliphatic rings. The van der Waals surface area contributed by atoms with Crippen LogP contribution in [-0.4, -0.2) is 24.4 Å². The molecule has 0 saturated heterocycles. The van der Waals surface area contributed by atoms with E-state index in [1.54, 1.807) is 0 Å². The van der Waals surface area contributed by atoms with Gasteiger partial charge in [-0.2, -0.15) is 0 Å². The van der Waals surface area contributed by atoms with Gasteiger partial charge in [0.2, 0.25) is 0 Å². The summed E-state index contributed by atoms with van der Waals surface area (Å²) in [5.41, 5.74) is 0.345. The molecule has 0 amide bonds. The highest BCUT2D eigenvalue weighted by Crippen LogP contribution is 2.31. The molecule has 10 heteroatoms. The van der Waals surface area contributed by atoms with Gasteiger partial charge in [0.25, 0.3) is 15.7 Å². The van der Waals surface area contributed by atoms with E-state index < -0.39 is 37.4 Å². The highest BCUT2D eigenvalue weighted by molar-refractivity contribution is 7.92. The van der Waals surface area contributed by atoms with Gasteiger partial charge in [0.15, 0.2) is 4.90 Å². The van der Waals surface area contributed by atoms with Gasteiger partial charge >= 0.3 is 5.97 Å². The minimum Gasteiger partial charge on any atom is -0.481 e. The third-order valence-electron chi connectivity index (χ3n) is 4.05. The van der Waals surface area contributed by atoms with E-state index in [2.05, 4.69) is 4.72 Å².